The summed E-state index contributed by atoms with van der Waals surface area (Å²) in [6, 6.07) is 11.5. The maximum Gasteiger partial charge on any atom is 0.416 e. The molecule has 43 heavy (non-hydrogen) atoms. The number of halogens is 3. The lowest BCUT2D eigenvalue weighted by atomic mass is 9.97. The van der Waals surface area contributed by atoms with Crippen LogP contribution in [0.25, 0.3) is 27.4 Å². The molecule has 2 aromatic heterocycles. The Hall–Kier alpha value is -4.60. The fourth-order valence-corrected chi connectivity index (χ4v) is 5.34. The SMILES string of the molecule is [C-]#[N+]c1ccc(-c2cc(C3CC3)nc(N3Cc4c(cc(COCCNC)cc4C(F)(F)F)C3=O)c2)c(-c2nncn2C)c1. The smallest absolute Gasteiger partial charge is 0.375 e. The van der Waals surface area contributed by atoms with Crippen molar-refractivity contribution in [3.63, 3.8) is 0 Å². The summed E-state index contributed by atoms with van der Waals surface area (Å²) >= 11 is 0. The van der Waals surface area contributed by atoms with Gasteiger partial charge in [0.2, 0.25) is 0 Å². The highest BCUT2D eigenvalue weighted by molar-refractivity contribution is 6.10. The Morgan fingerprint density at radius 1 is 1.12 bits per heavy atom. The Labute approximate surface area is 246 Å². The molecular weight excluding hydrogens is 559 g/mol. The van der Waals surface area contributed by atoms with E-state index in [9.17, 15) is 18.0 Å². The monoisotopic (exact) mass is 587 g/mol. The predicted molar refractivity (Wildman–Crippen MR) is 153 cm³/mol. The molecule has 0 bridgehead atoms. The van der Waals surface area contributed by atoms with Crippen LogP contribution in [-0.2, 0) is 31.1 Å². The molecule has 0 atom stereocenters. The zero-order chi connectivity index (χ0) is 30.3. The van der Waals surface area contributed by atoms with Crippen LogP contribution in [0.4, 0.5) is 24.7 Å². The number of likely N-dealkylation sites (N-methyl/N-ethyl adjacent to an activating group) is 1. The minimum atomic E-state index is -4.65. The van der Waals surface area contributed by atoms with Crippen molar-refractivity contribution in [3.8, 4) is 22.5 Å². The van der Waals surface area contributed by atoms with E-state index in [1.54, 1.807) is 43.2 Å². The van der Waals surface area contributed by atoms with Crippen LogP contribution in [-0.4, -0.2) is 45.9 Å². The lowest BCUT2D eigenvalue weighted by Gasteiger charge is -2.19. The molecule has 3 heterocycles. The molecule has 9 nitrogen and oxygen atoms in total. The summed E-state index contributed by atoms with van der Waals surface area (Å²) in [5.74, 6) is 0.488. The van der Waals surface area contributed by atoms with E-state index < -0.39 is 17.6 Å². The third kappa shape index (κ3) is 5.61. The van der Waals surface area contributed by atoms with Crippen LogP contribution in [0.3, 0.4) is 0 Å². The first-order valence-corrected chi connectivity index (χ1v) is 13.8. The van der Waals surface area contributed by atoms with Gasteiger partial charge in [0.25, 0.3) is 5.91 Å². The van der Waals surface area contributed by atoms with Gasteiger partial charge in [-0.1, -0.05) is 12.1 Å². The summed E-state index contributed by atoms with van der Waals surface area (Å²) in [4.78, 5) is 23.4. The van der Waals surface area contributed by atoms with Gasteiger partial charge in [0.15, 0.2) is 11.5 Å². The molecule has 1 aliphatic heterocycles. The molecule has 6 rings (SSSR count). The van der Waals surface area contributed by atoms with Gasteiger partial charge in [0, 0.05) is 36.3 Å². The first-order valence-electron chi connectivity index (χ1n) is 13.8. The Morgan fingerprint density at radius 3 is 2.60 bits per heavy atom. The maximum absolute atomic E-state index is 14.2. The topological polar surface area (TPSA) is 89.5 Å². The van der Waals surface area contributed by atoms with E-state index in [0.29, 0.717) is 30.2 Å². The van der Waals surface area contributed by atoms with Gasteiger partial charge in [-0.3, -0.25) is 9.69 Å². The first-order chi connectivity index (χ1) is 20.7. The number of fused-ring (bicyclic) bond motifs is 1. The van der Waals surface area contributed by atoms with E-state index in [0.717, 1.165) is 35.7 Å². The lowest BCUT2D eigenvalue weighted by Crippen LogP contribution is -2.24. The lowest BCUT2D eigenvalue weighted by molar-refractivity contribution is -0.138. The first kappa shape index (κ1) is 28.5. The number of aromatic nitrogens is 4. The number of anilines is 1. The van der Waals surface area contributed by atoms with Crippen LogP contribution >= 0.6 is 0 Å². The molecule has 0 unspecified atom stereocenters. The Balaban J connectivity index is 1.43. The van der Waals surface area contributed by atoms with Crippen LogP contribution in [0.2, 0.25) is 0 Å². The number of nitrogens with zero attached hydrogens (tertiary/aromatic N) is 6. The molecule has 2 aromatic carbocycles. The second-order valence-electron chi connectivity index (χ2n) is 10.7. The van der Waals surface area contributed by atoms with Crippen molar-refractivity contribution in [2.75, 3.05) is 25.1 Å². The highest BCUT2D eigenvalue weighted by Gasteiger charge is 2.41. The van der Waals surface area contributed by atoms with Crippen molar-refractivity contribution in [2.24, 2.45) is 7.05 Å². The molecule has 1 saturated carbocycles. The second-order valence-corrected chi connectivity index (χ2v) is 10.7. The van der Waals surface area contributed by atoms with Gasteiger partial charge in [-0.05, 0) is 72.5 Å². The Morgan fingerprint density at radius 2 is 1.93 bits per heavy atom. The van der Waals surface area contributed by atoms with Gasteiger partial charge in [-0.15, -0.1) is 10.2 Å². The average molecular weight is 588 g/mol. The molecule has 1 amide bonds. The minimum Gasteiger partial charge on any atom is -0.375 e. The number of carbonyl (C=O) groups excluding carboxylic acids is 1. The number of aryl methyl sites for hydroxylation is 1. The number of carbonyl (C=O) groups is 1. The van der Waals surface area contributed by atoms with Crippen LogP contribution in [0.15, 0.2) is 48.8 Å². The number of hydrogen-bond donors (Lipinski definition) is 1. The fourth-order valence-electron chi connectivity index (χ4n) is 5.34. The summed E-state index contributed by atoms with van der Waals surface area (Å²) < 4.78 is 50.0. The summed E-state index contributed by atoms with van der Waals surface area (Å²) in [7, 11) is 3.56. The summed E-state index contributed by atoms with van der Waals surface area (Å²) in [5, 5.41) is 11.1. The largest absolute Gasteiger partial charge is 0.416 e. The number of hydrogen-bond acceptors (Lipinski definition) is 6. The van der Waals surface area contributed by atoms with E-state index in [-0.39, 0.29) is 41.6 Å². The molecule has 4 aromatic rings. The Kier molecular flexibility index (Phi) is 7.45. The van der Waals surface area contributed by atoms with Crippen molar-refractivity contribution >= 4 is 17.4 Å². The molecule has 12 heteroatoms. The molecule has 220 valence electrons. The molecule has 0 spiro atoms. The molecular formula is C31H28F3N7O2. The van der Waals surface area contributed by atoms with Gasteiger partial charge < -0.3 is 14.6 Å². The normalized spacial score (nSPS) is 14.7. The van der Waals surface area contributed by atoms with Gasteiger partial charge in [0.05, 0.1) is 31.9 Å². The van der Waals surface area contributed by atoms with Gasteiger partial charge >= 0.3 is 6.18 Å². The highest BCUT2D eigenvalue weighted by Crippen LogP contribution is 2.44. The van der Waals surface area contributed by atoms with Crippen molar-refractivity contribution in [1.82, 2.24) is 25.1 Å². The number of amides is 1. The third-order valence-corrected chi connectivity index (χ3v) is 7.67. The quantitative estimate of drug-likeness (QED) is 0.194. The number of benzene rings is 2. The van der Waals surface area contributed by atoms with E-state index in [1.807, 2.05) is 12.1 Å². The summed E-state index contributed by atoms with van der Waals surface area (Å²) in [5.41, 5.74) is 2.71. The number of nitrogens with one attached hydrogen (secondary N) is 1. The fraction of sp³-hybridized carbons (Fsp3) is 0.323. The zero-order valence-electron chi connectivity index (χ0n) is 23.6. The number of rotatable bonds is 9. The predicted octanol–water partition coefficient (Wildman–Crippen LogP) is 5.89. The van der Waals surface area contributed by atoms with E-state index in [1.165, 1.54) is 11.0 Å². The number of pyridine rings is 1. The highest BCUT2D eigenvalue weighted by atomic mass is 19.4. The number of ether oxygens (including phenoxy) is 1. The van der Waals surface area contributed by atoms with Gasteiger partial charge in [-0.25, -0.2) is 9.83 Å². The van der Waals surface area contributed by atoms with E-state index >= 15 is 0 Å². The van der Waals surface area contributed by atoms with Gasteiger partial charge in [0.1, 0.15) is 12.1 Å². The summed E-state index contributed by atoms with van der Waals surface area (Å²) in [6.45, 7) is 8.07. The van der Waals surface area contributed by atoms with Crippen LogP contribution < -0.4 is 10.2 Å². The zero-order valence-corrected chi connectivity index (χ0v) is 23.6. The molecule has 0 saturated heterocycles. The molecule has 1 fully saturated rings. The van der Waals surface area contributed by atoms with Crippen LogP contribution in [0.1, 0.15) is 51.5 Å². The maximum atomic E-state index is 14.2. The van der Waals surface area contributed by atoms with Crippen LogP contribution in [0, 0.1) is 6.57 Å². The van der Waals surface area contributed by atoms with Crippen LogP contribution in [0.5, 0.6) is 0 Å². The van der Waals surface area contributed by atoms with E-state index in [4.69, 9.17) is 16.3 Å². The van der Waals surface area contributed by atoms with Crippen molar-refractivity contribution < 1.29 is 22.7 Å². The van der Waals surface area contributed by atoms with Crippen molar-refractivity contribution in [1.29, 1.82) is 0 Å². The van der Waals surface area contributed by atoms with E-state index in [2.05, 4.69) is 20.4 Å². The molecule has 1 aliphatic carbocycles. The van der Waals surface area contributed by atoms with Crippen molar-refractivity contribution in [2.45, 2.75) is 38.1 Å². The minimum absolute atomic E-state index is 0.00315. The molecule has 2 aliphatic rings. The molecule has 1 N–H and O–H groups in total. The van der Waals surface area contributed by atoms with Crippen molar-refractivity contribution in [3.05, 3.63) is 88.2 Å². The second kappa shape index (κ2) is 11.2. The Bertz CT molecular complexity index is 1760. The average Bonchev–Trinajstić information content (AvgIpc) is 3.68. The number of alkyl halides is 3. The standard InChI is InChI=1S/C31H28F3N7O2/c1-35-8-9-43-16-18-10-24-25(26(11-18)31(32,33)34)15-41(30(24)42)28-13-20(12-27(38-28)19-4-5-19)22-7-6-21(36-2)14-23(22)29-39-37-17-40(29)3/h6-7,10-14,17,19,35H,4-5,8-9,15-16H2,1,3H3. The summed E-state index contributed by atoms with van der Waals surface area (Å²) in [6.07, 6.45) is -1.21. The third-order valence-electron chi connectivity index (χ3n) is 7.67. The van der Waals surface area contributed by atoms with Gasteiger partial charge in [-0.2, -0.15) is 13.2 Å². The molecule has 0 radical (unpaired) electrons.